The molecular formula is C12H12F3N5O2. The largest absolute Gasteiger partial charge is 0.573 e. The van der Waals surface area contributed by atoms with Crippen molar-refractivity contribution in [2.24, 2.45) is 10.7 Å². The summed E-state index contributed by atoms with van der Waals surface area (Å²) >= 11 is 0. The van der Waals surface area contributed by atoms with Crippen LogP contribution in [0.15, 0.2) is 33.8 Å². The van der Waals surface area contributed by atoms with E-state index < -0.39 is 12.1 Å². The van der Waals surface area contributed by atoms with Crippen molar-refractivity contribution >= 4 is 11.6 Å². The second-order valence-electron chi connectivity index (χ2n) is 4.11. The summed E-state index contributed by atoms with van der Waals surface area (Å²) in [6.07, 6.45) is -4.80. The zero-order valence-corrected chi connectivity index (χ0v) is 11.4. The molecule has 1 aromatic heterocycles. The first-order valence-electron chi connectivity index (χ1n) is 6.04. The van der Waals surface area contributed by atoms with Crippen LogP contribution in [0.5, 0.6) is 5.75 Å². The fraction of sp³-hybridized carbons (Fsp3) is 0.250. The normalized spacial score (nSPS) is 12.3. The Morgan fingerprint density at radius 3 is 2.77 bits per heavy atom. The molecule has 0 amide bonds. The number of benzene rings is 1. The Balaban J connectivity index is 2.06. The Morgan fingerprint density at radius 2 is 2.14 bits per heavy atom. The molecule has 0 saturated carbocycles. The lowest BCUT2D eigenvalue weighted by molar-refractivity contribution is -0.274. The lowest BCUT2D eigenvalue weighted by Crippen LogP contribution is -2.24. The predicted octanol–water partition coefficient (Wildman–Crippen LogP) is 2.20. The lowest BCUT2D eigenvalue weighted by atomic mass is 10.3. The summed E-state index contributed by atoms with van der Waals surface area (Å²) in [5.41, 5.74) is 5.64. The maximum absolute atomic E-state index is 12.3. The van der Waals surface area contributed by atoms with Crippen LogP contribution >= 0.6 is 0 Å². The summed E-state index contributed by atoms with van der Waals surface area (Å²) in [5.74, 6) is 0.151. The number of hydrogen-bond donors (Lipinski definition) is 2. The second kappa shape index (κ2) is 6.33. The molecule has 0 aliphatic carbocycles. The van der Waals surface area contributed by atoms with Crippen LogP contribution in [0, 0.1) is 6.92 Å². The maximum atomic E-state index is 12.3. The van der Waals surface area contributed by atoms with Crippen LogP contribution in [-0.2, 0) is 6.54 Å². The first-order valence-corrected chi connectivity index (χ1v) is 6.04. The van der Waals surface area contributed by atoms with Crippen molar-refractivity contribution in [3.05, 3.63) is 36.0 Å². The van der Waals surface area contributed by atoms with Gasteiger partial charge in [0.25, 0.3) is 0 Å². The van der Waals surface area contributed by atoms with Gasteiger partial charge in [-0.2, -0.15) is 4.98 Å². The van der Waals surface area contributed by atoms with E-state index in [2.05, 4.69) is 25.2 Å². The number of para-hydroxylation sites is 2. The van der Waals surface area contributed by atoms with Gasteiger partial charge in [0.05, 0.1) is 5.69 Å². The topological polar surface area (TPSA) is 98.6 Å². The summed E-state index contributed by atoms with van der Waals surface area (Å²) in [5, 5.41) is 6.09. The number of aliphatic imine (C=N–C) groups is 1. The number of halogens is 3. The molecule has 0 aliphatic rings. The monoisotopic (exact) mass is 315 g/mol. The molecule has 0 saturated heterocycles. The fourth-order valence-electron chi connectivity index (χ4n) is 1.52. The van der Waals surface area contributed by atoms with Crippen LogP contribution < -0.4 is 15.8 Å². The van der Waals surface area contributed by atoms with Gasteiger partial charge in [0.1, 0.15) is 6.54 Å². The Labute approximate surface area is 123 Å². The lowest BCUT2D eigenvalue weighted by Gasteiger charge is -2.13. The summed E-state index contributed by atoms with van der Waals surface area (Å²) in [6, 6.07) is 5.46. The van der Waals surface area contributed by atoms with E-state index in [1.165, 1.54) is 18.2 Å². The van der Waals surface area contributed by atoms with Gasteiger partial charge in [-0.1, -0.05) is 17.3 Å². The van der Waals surface area contributed by atoms with E-state index >= 15 is 0 Å². The van der Waals surface area contributed by atoms with Crippen molar-refractivity contribution in [1.29, 1.82) is 0 Å². The molecule has 2 aromatic rings. The van der Waals surface area contributed by atoms with Crippen molar-refractivity contribution in [2.45, 2.75) is 19.8 Å². The van der Waals surface area contributed by atoms with E-state index in [9.17, 15) is 13.2 Å². The standard InChI is InChI=1S/C12H12F3N5O2/c1-7-18-10(22-20-7)6-17-11(16)19-8-4-2-3-5-9(8)21-12(13,14)15/h2-5H,6H2,1H3,(H3,16,17,19). The molecule has 1 heterocycles. The fourth-order valence-corrected chi connectivity index (χ4v) is 1.52. The second-order valence-corrected chi connectivity index (χ2v) is 4.11. The summed E-state index contributed by atoms with van der Waals surface area (Å²) < 4.78 is 45.6. The number of anilines is 1. The zero-order valence-electron chi connectivity index (χ0n) is 11.4. The molecule has 0 atom stereocenters. The summed E-state index contributed by atoms with van der Waals surface area (Å²) in [6.45, 7) is 1.64. The summed E-state index contributed by atoms with van der Waals surface area (Å²) in [7, 11) is 0. The average Bonchev–Trinajstić information content (AvgIpc) is 2.83. The van der Waals surface area contributed by atoms with E-state index in [1.807, 2.05) is 0 Å². The molecular weight excluding hydrogens is 303 g/mol. The van der Waals surface area contributed by atoms with Crippen LogP contribution in [0.3, 0.4) is 0 Å². The quantitative estimate of drug-likeness (QED) is 0.663. The minimum atomic E-state index is -4.80. The molecule has 118 valence electrons. The maximum Gasteiger partial charge on any atom is 0.573 e. The highest BCUT2D eigenvalue weighted by Gasteiger charge is 2.32. The zero-order chi connectivity index (χ0) is 16.2. The van der Waals surface area contributed by atoms with Gasteiger partial charge in [-0.3, -0.25) is 0 Å². The van der Waals surface area contributed by atoms with Gasteiger partial charge in [0, 0.05) is 0 Å². The van der Waals surface area contributed by atoms with E-state index in [-0.39, 0.29) is 24.1 Å². The number of rotatable bonds is 4. The highest BCUT2D eigenvalue weighted by molar-refractivity contribution is 5.93. The van der Waals surface area contributed by atoms with Gasteiger partial charge in [-0.25, -0.2) is 4.99 Å². The number of nitrogens with two attached hydrogens (primary N) is 1. The smallest absolute Gasteiger partial charge is 0.404 e. The van der Waals surface area contributed by atoms with Gasteiger partial charge in [0.15, 0.2) is 17.5 Å². The van der Waals surface area contributed by atoms with E-state index in [0.29, 0.717) is 5.82 Å². The minimum Gasteiger partial charge on any atom is -0.404 e. The number of aryl methyl sites for hydroxylation is 1. The number of guanidine groups is 1. The number of hydrogen-bond acceptors (Lipinski definition) is 5. The van der Waals surface area contributed by atoms with Crippen LogP contribution in [-0.4, -0.2) is 22.5 Å². The SMILES string of the molecule is Cc1noc(CN=C(N)Nc2ccccc2OC(F)(F)F)n1. The summed E-state index contributed by atoms with van der Waals surface area (Å²) in [4.78, 5) is 7.80. The minimum absolute atomic E-state index is 0.00195. The third-order valence-corrected chi connectivity index (χ3v) is 2.33. The third kappa shape index (κ3) is 4.65. The Kier molecular flexibility index (Phi) is 4.49. The number of alkyl halides is 3. The highest BCUT2D eigenvalue weighted by Crippen LogP contribution is 2.29. The average molecular weight is 315 g/mol. The van der Waals surface area contributed by atoms with E-state index in [1.54, 1.807) is 6.92 Å². The highest BCUT2D eigenvalue weighted by atomic mass is 19.4. The first-order chi connectivity index (χ1) is 10.3. The molecule has 10 heteroatoms. The van der Waals surface area contributed by atoms with Gasteiger partial charge < -0.3 is 20.3 Å². The van der Waals surface area contributed by atoms with Crippen LogP contribution in [0.4, 0.5) is 18.9 Å². The Morgan fingerprint density at radius 1 is 1.41 bits per heavy atom. The molecule has 7 nitrogen and oxygen atoms in total. The van der Waals surface area contributed by atoms with E-state index in [4.69, 9.17) is 10.3 Å². The van der Waals surface area contributed by atoms with Crippen molar-refractivity contribution in [3.63, 3.8) is 0 Å². The molecule has 0 unspecified atom stereocenters. The molecule has 2 rings (SSSR count). The molecule has 0 aliphatic heterocycles. The Bertz CT molecular complexity index is 669. The van der Waals surface area contributed by atoms with Gasteiger partial charge in [-0.05, 0) is 19.1 Å². The molecule has 0 bridgehead atoms. The molecule has 0 spiro atoms. The van der Waals surface area contributed by atoms with Crippen LogP contribution in [0.25, 0.3) is 0 Å². The molecule has 3 N–H and O–H groups in total. The van der Waals surface area contributed by atoms with Crippen LogP contribution in [0.2, 0.25) is 0 Å². The molecule has 0 radical (unpaired) electrons. The van der Waals surface area contributed by atoms with Crippen molar-refractivity contribution < 1.29 is 22.4 Å². The van der Waals surface area contributed by atoms with Crippen LogP contribution in [0.1, 0.15) is 11.7 Å². The van der Waals surface area contributed by atoms with Crippen molar-refractivity contribution in [1.82, 2.24) is 10.1 Å². The first kappa shape index (κ1) is 15.6. The molecule has 22 heavy (non-hydrogen) atoms. The Hall–Kier alpha value is -2.78. The van der Waals surface area contributed by atoms with Crippen molar-refractivity contribution in [2.75, 3.05) is 5.32 Å². The third-order valence-electron chi connectivity index (χ3n) is 2.33. The number of aromatic nitrogens is 2. The number of nitrogens with one attached hydrogen (secondary N) is 1. The number of ether oxygens (including phenoxy) is 1. The van der Waals surface area contributed by atoms with Gasteiger partial charge in [-0.15, -0.1) is 13.2 Å². The van der Waals surface area contributed by atoms with Gasteiger partial charge in [0.2, 0.25) is 5.89 Å². The predicted molar refractivity (Wildman–Crippen MR) is 71.1 cm³/mol. The van der Waals surface area contributed by atoms with Crippen molar-refractivity contribution in [3.8, 4) is 5.75 Å². The van der Waals surface area contributed by atoms with Gasteiger partial charge >= 0.3 is 6.36 Å². The molecule has 1 aromatic carbocycles. The molecule has 0 fully saturated rings. The number of nitrogens with zero attached hydrogens (tertiary/aromatic N) is 3. The van der Waals surface area contributed by atoms with E-state index in [0.717, 1.165) is 6.07 Å².